The summed E-state index contributed by atoms with van der Waals surface area (Å²) in [6.45, 7) is 10.6. The maximum Gasteiger partial charge on any atom is 0.0377 e. The van der Waals surface area contributed by atoms with Gasteiger partial charge >= 0.3 is 0 Å². The summed E-state index contributed by atoms with van der Waals surface area (Å²) in [6, 6.07) is 6.61. The van der Waals surface area contributed by atoms with Gasteiger partial charge in [-0.25, -0.2) is 0 Å². The smallest absolute Gasteiger partial charge is 0.0377 e. The van der Waals surface area contributed by atoms with E-state index in [1.165, 1.54) is 11.3 Å². The van der Waals surface area contributed by atoms with Crippen molar-refractivity contribution in [3.63, 3.8) is 0 Å². The van der Waals surface area contributed by atoms with Crippen LogP contribution in [0.25, 0.3) is 0 Å². The Kier molecular flexibility index (Phi) is 5.29. The van der Waals surface area contributed by atoms with Gasteiger partial charge in [0.2, 0.25) is 0 Å². The Labute approximate surface area is 105 Å². The van der Waals surface area contributed by atoms with Gasteiger partial charge in [0.15, 0.2) is 0 Å². The maximum absolute atomic E-state index is 5.82. The van der Waals surface area contributed by atoms with Crippen LogP contribution in [0.5, 0.6) is 0 Å². The van der Waals surface area contributed by atoms with Crippen molar-refractivity contribution in [2.24, 2.45) is 0 Å². The summed E-state index contributed by atoms with van der Waals surface area (Å²) in [5, 5.41) is 6.85. The Morgan fingerprint density at radius 2 is 1.82 bits per heavy atom. The number of hydrogen-bond acceptors (Lipinski definition) is 3. The topological polar surface area (TPSA) is 50.1 Å². The molecule has 1 rings (SSSR count). The van der Waals surface area contributed by atoms with Gasteiger partial charge in [0.05, 0.1) is 0 Å². The van der Waals surface area contributed by atoms with Crippen LogP contribution in [-0.2, 0) is 0 Å². The van der Waals surface area contributed by atoms with Gasteiger partial charge in [0.1, 0.15) is 0 Å². The number of benzene rings is 1. The van der Waals surface area contributed by atoms with Crippen molar-refractivity contribution in [3.8, 4) is 0 Å². The summed E-state index contributed by atoms with van der Waals surface area (Å²) < 4.78 is 0. The van der Waals surface area contributed by atoms with E-state index in [0.29, 0.717) is 12.0 Å². The van der Waals surface area contributed by atoms with Crippen molar-refractivity contribution in [3.05, 3.63) is 23.8 Å². The average Bonchev–Trinajstić information content (AvgIpc) is 2.25. The summed E-state index contributed by atoms with van der Waals surface area (Å²) in [5.41, 5.74) is 9.13. The molecule has 0 heterocycles. The minimum atomic E-state index is 0.485. The van der Waals surface area contributed by atoms with Crippen LogP contribution in [0.4, 0.5) is 11.4 Å². The van der Waals surface area contributed by atoms with E-state index in [1.807, 2.05) is 6.07 Å². The Balaban J connectivity index is 2.58. The molecule has 0 radical (unpaired) electrons. The van der Waals surface area contributed by atoms with Gasteiger partial charge in [-0.05, 0) is 29.7 Å². The second-order valence-corrected chi connectivity index (χ2v) is 5.04. The summed E-state index contributed by atoms with van der Waals surface area (Å²) in [5.74, 6) is 0.485. The zero-order valence-electron chi connectivity index (χ0n) is 11.4. The second-order valence-electron chi connectivity index (χ2n) is 5.04. The zero-order valence-corrected chi connectivity index (χ0v) is 11.4. The van der Waals surface area contributed by atoms with E-state index in [2.05, 4.69) is 50.5 Å². The first-order valence-corrected chi connectivity index (χ1v) is 6.37. The molecule has 96 valence electrons. The molecule has 1 aromatic rings. The number of hydrogen-bond donors (Lipinski definition) is 3. The molecule has 3 heteroatoms. The van der Waals surface area contributed by atoms with Gasteiger partial charge in [0, 0.05) is 30.5 Å². The monoisotopic (exact) mass is 235 g/mol. The van der Waals surface area contributed by atoms with Gasteiger partial charge in [-0.15, -0.1) is 0 Å². The van der Waals surface area contributed by atoms with E-state index in [9.17, 15) is 0 Å². The predicted molar refractivity (Wildman–Crippen MR) is 76.6 cm³/mol. The zero-order chi connectivity index (χ0) is 12.8. The van der Waals surface area contributed by atoms with Crippen molar-refractivity contribution < 1.29 is 0 Å². The molecule has 0 aliphatic rings. The highest BCUT2D eigenvalue weighted by Crippen LogP contribution is 2.26. The Morgan fingerprint density at radius 1 is 1.12 bits per heavy atom. The van der Waals surface area contributed by atoms with Gasteiger partial charge in [-0.2, -0.15) is 0 Å². The van der Waals surface area contributed by atoms with Crippen LogP contribution in [0.2, 0.25) is 0 Å². The lowest BCUT2D eigenvalue weighted by molar-refractivity contribution is 0.602. The highest BCUT2D eigenvalue weighted by atomic mass is 15.0. The van der Waals surface area contributed by atoms with Crippen LogP contribution >= 0.6 is 0 Å². The van der Waals surface area contributed by atoms with Crippen molar-refractivity contribution in [2.45, 2.75) is 39.7 Å². The summed E-state index contributed by atoms with van der Waals surface area (Å²) >= 11 is 0. The van der Waals surface area contributed by atoms with Gasteiger partial charge < -0.3 is 16.4 Å². The number of nitrogens with two attached hydrogens (primary N) is 1. The molecule has 0 aliphatic carbocycles. The Morgan fingerprint density at radius 3 is 2.41 bits per heavy atom. The molecule has 0 atom stereocenters. The molecule has 0 aromatic heterocycles. The highest BCUT2D eigenvalue weighted by Gasteiger charge is 2.06. The normalized spacial score (nSPS) is 11.2. The first-order chi connectivity index (χ1) is 8.00. The standard InChI is InChI=1S/C14H25N3/c1-10(2)13-9-12(15)5-6-14(13)17-8-7-16-11(3)4/h5-6,9-11,16-17H,7-8,15H2,1-4H3. The maximum atomic E-state index is 5.82. The van der Waals surface area contributed by atoms with Gasteiger partial charge in [-0.3, -0.25) is 0 Å². The fourth-order valence-electron chi connectivity index (χ4n) is 1.78. The van der Waals surface area contributed by atoms with Crippen LogP contribution in [0, 0.1) is 0 Å². The van der Waals surface area contributed by atoms with E-state index in [4.69, 9.17) is 5.73 Å². The first-order valence-electron chi connectivity index (χ1n) is 6.37. The lowest BCUT2D eigenvalue weighted by atomic mass is 10.0. The fraction of sp³-hybridized carbons (Fsp3) is 0.571. The molecule has 0 bridgehead atoms. The van der Waals surface area contributed by atoms with Crippen molar-refractivity contribution in [2.75, 3.05) is 24.1 Å². The SMILES string of the molecule is CC(C)NCCNc1ccc(N)cc1C(C)C. The minimum Gasteiger partial charge on any atom is -0.399 e. The third-order valence-electron chi connectivity index (χ3n) is 2.69. The van der Waals surface area contributed by atoms with Gasteiger partial charge in [0.25, 0.3) is 0 Å². The summed E-state index contributed by atoms with van der Waals surface area (Å²) in [7, 11) is 0. The molecule has 3 nitrogen and oxygen atoms in total. The molecule has 1 aromatic carbocycles. The predicted octanol–water partition coefficient (Wildman–Crippen LogP) is 2.80. The van der Waals surface area contributed by atoms with Crippen molar-refractivity contribution in [1.82, 2.24) is 5.32 Å². The van der Waals surface area contributed by atoms with E-state index in [1.54, 1.807) is 0 Å². The van der Waals surface area contributed by atoms with Crippen molar-refractivity contribution >= 4 is 11.4 Å². The molecule has 0 amide bonds. The molecule has 0 spiro atoms. The first kappa shape index (κ1) is 13.8. The largest absolute Gasteiger partial charge is 0.399 e. The lowest BCUT2D eigenvalue weighted by Crippen LogP contribution is -2.28. The van der Waals surface area contributed by atoms with E-state index in [-0.39, 0.29) is 0 Å². The Bertz CT molecular complexity index is 345. The lowest BCUT2D eigenvalue weighted by Gasteiger charge is -2.16. The third-order valence-corrected chi connectivity index (χ3v) is 2.69. The fourth-order valence-corrected chi connectivity index (χ4v) is 1.78. The summed E-state index contributed by atoms with van der Waals surface area (Å²) in [4.78, 5) is 0. The molecule has 0 saturated heterocycles. The van der Waals surface area contributed by atoms with Crippen LogP contribution in [-0.4, -0.2) is 19.1 Å². The highest BCUT2D eigenvalue weighted by molar-refractivity contribution is 5.59. The number of rotatable bonds is 6. The quantitative estimate of drug-likeness (QED) is 0.525. The molecular formula is C14H25N3. The molecule has 0 saturated carbocycles. The van der Waals surface area contributed by atoms with Crippen LogP contribution in [0.3, 0.4) is 0 Å². The van der Waals surface area contributed by atoms with Crippen molar-refractivity contribution in [1.29, 1.82) is 0 Å². The minimum absolute atomic E-state index is 0.485. The third kappa shape index (κ3) is 4.65. The van der Waals surface area contributed by atoms with E-state index >= 15 is 0 Å². The van der Waals surface area contributed by atoms with Crippen LogP contribution < -0.4 is 16.4 Å². The van der Waals surface area contributed by atoms with Crippen LogP contribution in [0.15, 0.2) is 18.2 Å². The molecular weight excluding hydrogens is 210 g/mol. The molecule has 0 unspecified atom stereocenters. The number of nitrogens with one attached hydrogen (secondary N) is 2. The number of anilines is 2. The van der Waals surface area contributed by atoms with E-state index in [0.717, 1.165) is 18.8 Å². The van der Waals surface area contributed by atoms with Crippen LogP contribution in [0.1, 0.15) is 39.2 Å². The van der Waals surface area contributed by atoms with E-state index < -0.39 is 0 Å². The molecule has 17 heavy (non-hydrogen) atoms. The second kappa shape index (κ2) is 6.50. The summed E-state index contributed by atoms with van der Waals surface area (Å²) in [6.07, 6.45) is 0. The van der Waals surface area contributed by atoms with Gasteiger partial charge in [-0.1, -0.05) is 27.7 Å². The number of nitrogen functional groups attached to an aromatic ring is 1. The molecule has 4 N–H and O–H groups in total. The Hall–Kier alpha value is -1.22. The molecule has 0 fully saturated rings. The molecule has 0 aliphatic heterocycles. The average molecular weight is 235 g/mol.